The Morgan fingerprint density at radius 3 is 3.00 bits per heavy atom. The second kappa shape index (κ2) is 4.71. The Bertz CT molecular complexity index is 297. The van der Waals surface area contributed by atoms with E-state index in [0.29, 0.717) is 11.7 Å². The average Bonchev–Trinajstić information content (AvgIpc) is 2.96. The van der Waals surface area contributed by atoms with Gasteiger partial charge in [0.2, 0.25) is 0 Å². The molecule has 2 nitrogen and oxygen atoms in total. The molecule has 1 N–H and O–H groups in total. The molecule has 1 aliphatic rings. The van der Waals surface area contributed by atoms with Crippen LogP contribution in [0.1, 0.15) is 12.8 Å². The van der Waals surface area contributed by atoms with Crippen LogP contribution in [0.4, 0.5) is 0 Å². The molecule has 0 radical (unpaired) electrons. The molecule has 1 fully saturated rings. The van der Waals surface area contributed by atoms with Crippen molar-refractivity contribution in [2.75, 3.05) is 12.5 Å². The molecular weight excluding hydrogens is 196 g/mol. The van der Waals surface area contributed by atoms with Crippen molar-refractivity contribution >= 4 is 11.8 Å². The number of phenolic OH excluding ortho intramolecular Hbond substituents is 1. The summed E-state index contributed by atoms with van der Waals surface area (Å²) in [5.41, 5.74) is 0. The van der Waals surface area contributed by atoms with Crippen LogP contribution in [-0.2, 0) is 4.74 Å². The van der Waals surface area contributed by atoms with Crippen LogP contribution in [0.2, 0.25) is 0 Å². The monoisotopic (exact) mass is 210 g/mol. The molecule has 1 aromatic carbocycles. The quantitative estimate of drug-likeness (QED) is 0.460. The highest BCUT2D eigenvalue weighted by Crippen LogP contribution is 2.29. The van der Waals surface area contributed by atoms with Crippen LogP contribution in [0.3, 0.4) is 0 Å². The number of thioether (sulfide) groups is 1. The molecular formula is C11H14O2S. The summed E-state index contributed by atoms with van der Waals surface area (Å²) in [5.74, 6) is 1.82. The largest absolute Gasteiger partial charge is 0.508 e. The van der Waals surface area contributed by atoms with Crippen LogP contribution in [-0.4, -0.2) is 17.7 Å². The van der Waals surface area contributed by atoms with Crippen LogP contribution in [0.25, 0.3) is 0 Å². The zero-order valence-corrected chi connectivity index (χ0v) is 8.80. The summed E-state index contributed by atoms with van der Waals surface area (Å²) in [5, 5.41) is 9.21. The number of hydrogen-bond acceptors (Lipinski definition) is 3. The number of aromatic hydroxyl groups is 1. The summed E-state index contributed by atoms with van der Waals surface area (Å²) in [6.07, 6.45) is 2.66. The molecule has 1 saturated carbocycles. The smallest absolute Gasteiger partial charge is 0.116 e. The summed E-state index contributed by atoms with van der Waals surface area (Å²) in [4.78, 5) is 1.06. The first-order valence-electron chi connectivity index (χ1n) is 4.84. The number of benzene rings is 1. The van der Waals surface area contributed by atoms with E-state index in [2.05, 4.69) is 0 Å². The fourth-order valence-corrected chi connectivity index (χ4v) is 1.88. The van der Waals surface area contributed by atoms with Gasteiger partial charge >= 0.3 is 0 Å². The van der Waals surface area contributed by atoms with Crippen molar-refractivity contribution in [1.82, 2.24) is 0 Å². The van der Waals surface area contributed by atoms with Crippen molar-refractivity contribution in [2.45, 2.75) is 17.7 Å². The highest BCUT2D eigenvalue weighted by molar-refractivity contribution is 7.99. The van der Waals surface area contributed by atoms with Gasteiger partial charge in [0.15, 0.2) is 0 Å². The number of rotatable bonds is 5. The molecule has 0 aromatic heterocycles. The van der Waals surface area contributed by atoms with E-state index >= 15 is 0 Å². The molecule has 76 valence electrons. The van der Waals surface area contributed by atoms with E-state index in [1.807, 2.05) is 12.1 Å². The van der Waals surface area contributed by atoms with E-state index in [4.69, 9.17) is 4.74 Å². The van der Waals surface area contributed by atoms with Gasteiger partial charge in [-0.05, 0) is 37.0 Å². The Hall–Kier alpha value is -0.670. The Balaban J connectivity index is 1.68. The highest BCUT2D eigenvalue weighted by Gasteiger charge is 2.20. The third kappa shape index (κ3) is 3.24. The van der Waals surface area contributed by atoms with Gasteiger partial charge < -0.3 is 9.84 Å². The van der Waals surface area contributed by atoms with E-state index in [1.54, 1.807) is 23.9 Å². The standard InChI is InChI=1S/C11H14O2S/c12-10-2-1-3-11(6-10)14-8-13-7-9-4-5-9/h1-3,6,9,12H,4-5,7-8H2. The molecule has 0 unspecified atom stereocenters. The predicted octanol–water partition coefficient (Wildman–Crippen LogP) is 2.87. The SMILES string of the molecule is Oc1cccc(SCOCC2CC2)c1. The zero-order chi connectivity index (χ0) is 9.80. The Kier molecular flexibility index (Phi) is 3.32. The first-order valence-corrected chi connectivity index (χ1v) is 5.83. The number of ether oxygens (including phenoxy) is 1. The Labute approximate surface area is 88.3 Å². The van der Waals surface area contributed by atoms with Gasteiger partial charge in [0.25, 0.3) is 0 Å². The van der Waals surface area contributed by atoms with Gasteiger partial charge in [-0.15, -0.1) is 0 Å². The van der Waals surface area contributed by atoms with Gasteiger partial charge in [-0.2, -0.15) is 0 Å². The molecule has 0 spiro atoms. The molecule has 0 saturated heterocycles. The first-order chi connectivity index (χ1) is 6.84. The predicted molar refractivity (Wildman–Crippen MR) is 57.5 cm³/mol. The van der Waals surface area contributed by atoms with Crippen molar-refractivity contribution in [3.63, 3.8) is 0 Å². The van der Waals surface area contributed by atoms with E-state index in [-0.39, 0.29) is 0 Å². The third-order valence-corrected chi connectivity index (χ3v) is 3.05. The molecule has 0 heterocycles. The van der Waals surface area contributed by atoms with Gasteiger partial charge in [0.1, 0.15) is 5.75 Å². The summed E-state index contributed by atoms with van der Waals surface area (Å²) in [7, 11) is 0. The van der Waals surface area contributed by atoms with Gasteiger partial charge in [0.05, 0.1) is 12.5 Å². The molecule has 1 aromatic rings. The summed E-state index contributed by atoms with van der Waals surface area (Å²) in [6.45, 7) is 0.895. The molecule has 0 atom stereocenters. The normalized spacial score (nSPS) is 15.7. The summed E-state index contributed by atoms with van der Waals surface area (Å²) < 4.78 is 5.48. The van der Waals surface area contributed by atoms with Crippen LogP contribution in [0.5, 0.6) is 5.75 Å². The van der Waals surface area contributed by atoms with Crippen molar-refractivity contribution in [2.24, 2.45) is 5.92 Å². The minimum Gasteiger partial charge on any atom is -0.508 e. The average molecular weight is 210 g/mol. The Morgan fingerprint density at radius 2 is 2.29 bits per heavy atom. The number of phenols is 1. The summed E-state index contributed by atoms with van der Waals surface area (Å²) in [6, 6.07) is 7.25. The van der Waals surface area contributed by atoms with Crippen molar-refractivity contribution < 1.29 is 9.84 Å². The lowest BCUT2D eigenvalue weighted by Gasteiger charge is -2.03. The van der Waals surface area contributed by atoms with Crippen LogP contribution in [0, 0.1) is 5.92 Å². The molecule has 14 heavy (non-hydrogen) atoms. The van der Waals surface area contributed by atoms with Crippen LogP contribution in [0.15, 0.2) is 29.2 Å². The molecule has 0 bridgehead atoms. The zero-order valence-electron chi connectivity index (χ0n) is 7.98. The third-order valence-electron chi connectivity index (χ3n) is 2.18. The highest BCUT2D eigenvalue weighted by atomic mass is 32.2. The number of hydrogen-bond donors (Lipinski definition) is 1. The van der Waals surface area contributed by atoms with Crippen LogP contribution >= 0.6 is 11.8 Å². The minimum atomic E-state index is 0.317. The lowest BCUT2D eigenvalue weighted by atomic mass is 10.3. The fourth-order valence-electron chi connectivity index (χ4n) is 1.18. The maximum absolute atomic E-state index is 9.21. The fraction of sp³-hybridized carbons (Fsp3) is 0.455. The van der Waals surface area contributed by atoms with Crippen molar-refractivity contribution in [3.05, 3.63) is 24.3 Å². The van der Waals surface area contributed by atoms with Gasteiger partial charge in [-0.1, -0.05) is 17.8 Å². The Morgan fingerprint density at radius 1 is 1.43 bits per heavy atom. The van der Waals surface area contributed by atoms with E-state index in [0.717, 1.165) is 17.4 Å². The first kappa shape index (κ1) is 9.87. The van der Waals surface area contributed by atoms with Gasteiger partial charge in [-0.25, -0.2) is 0 Å². The van der Waals surface area contributed by atoms with Crippen molar-refractivity contribution in [1.29, 1.82) is 0 Å². The molecule has 0 aliphatic heterocycles. The van der Waals surface area contributed by atoms with Crippen LogP contribution < -0.4 is 0 Å². The van der Waals surface area contributed by atoms with E-state index in [9.17, 15) is 5.11 Å². The van der Waals surface area contributed by atoms with Gasteiger partial charge in [-0.3, -0.25) is 0 Å². The van der Waals surface area contributed by atoms with Gasteiger partial charge in [0, 0.05) is 4.90 Å². The maximum Gasteiger partial charge on any atom is 0.116 e. The lowest BCUT2D eigenvalue weighted by Crippen LogP contribution is -1.94. The topological polar surface area (TPSA) is 29.5 Å². The second-order valence-electron chi connectivity index (χ2n) is 3.57. The summed E-state index contributed by atoms with van der Waals surface area (Å²) >= 11 is 1.62. The van der Waals surface area contributed by atoms with Crippen molar-refractivity contribution in [3.8, 4) is 5.75 Å². The lowest BCUT2D eigenvalue weighted by molar-refractivity contribution is 0.171. The van der Waals surface area contributed by atoms with E-state index in [1.165, 1.54) is 12.8 Å². The molecule has 3 heteroatoms. The minimum absolute atomic E-state index is 0.317. The molecule has 2 rings (SSSR count). The maximum atomic E-state index is 9.21. The molecule has 1 aliphatic carbocycles. The second-order valence-corrected chi connectivity index (χ2v) is 4.57. The van der Waals surface area contributed by atoms with E-state index < -0.39 is 0 Å². The molecule has 0 amide bonds.